The molecule has 5 heteroatoms. The summed E-state index contributed by atoms with van der Waals surface area (Å²) >= 11 is 0. The predicted molar refractivity (Wildman–Crippen MR) is 66.5 cm³/mol. The molecule has 0 radical (unpaired) electrons. The van der Waals surface area contributed by atoms with E-state index in [2.05, 4.69) is 9.97 Å². The first-order valence-corrected chi connectivity index (χ1v) is 6.06. The fourth-order valence-electron chi connectivity index (χ4n) is 2.46. The minimum Gasteiger partial charge on any atom is -0.364 e. The van der Waals surface area contributed by atoms with Crippen molar-refractivity contribution in [1.82, 2.24) is 14.5 Å². The summed E-state index contributed by atoms with van der Waals surface area (Å²) in [7, 11) is 0. The molecule has 92 valence electrons. The van der Waals surface area contributed by atoms with Crippen LogP contribution in [-0.4, -0.2) is 20.4 Å². The van der Waals surface area contributed by atoms with Crippen molar-refractivity contribution >= 4 is 5.91 Å². The Kier molecular flexibility index (Phi) is 2.59. The maximum absolute atomic E-state index is 11.5. The van der Waals surface area contributed by atoms with Gasteiger partial charge in [-0.1, -0.05) is 0 Å². The summed E-state index contributed by atoms with van der Waals surface area (Å²) in [5.74, 6) is 0.261. The van der Waals surface area contributed by atoms with Crippen LogP contribution in [0.25, 0.3) is 5.82 Å². The smallest absolute Gasteiger partial charge is 0.267 e. The van der Waals surface area contributed by atoms with Gasteiger partial charge in [0.15, 0.2) is 0 Å². The Morgan fingerprint density at radius 2 is 2.17 bits per heavy atom. The van der Waals surface area contributed by atoms with Gasteiger partial charge in [-0.15, -0.1) is 0 Å². The van der Waals surface area contributed by atoms with Crippen LogP contribution in [0.3, 0.4) is 0 Å². The molecule has 0 unspecified atom stereocenters. The largest absolute Gasteiger partial charge is 0.364 e. The Hall–Kier alpha value is -2.17. The van der Waals surface area contributed by atoms with E-state index in [9.17, 15) is 4.79 Å². The number of carbonyl (C=O) groups excluding carboxylic acids is 1. The SMILES string of the molecule is NC(=O)c1nc(-n2ccnc2)cc2c1CCCC2. The third-order valence-electron chi connectivity index (χ3n) is 3.33. The molecule has 0 spiro atoms. The van der Waals surface area contributed by atoms with Crippen molar-refractivity contribution in [1.29, 1.82) is 0 Å². The molecule has 1 aliphatic rings. The second-order valence-corrected chi connectivity index (χ2v) is 4.51. The van der Waals surface area contributed by atoms with Gasteiger partial charge >= 0.3 is 0 Å². The number of aryl methyl sites for hydroxylation is 1. The number of hydrogen-bond acceptors (Lipinski definition) is 3. The Bertz CT molecular complexity index is 589. The van der Waals surface area contributed by atoms with Crippen LogP contribution in [0.2, 0.25) is 0 Å². The summed E-state index contributed by atoms with van der Waals surface area (Å²) in [6, 6.07) is 2.03. The number of hydrogen-bond donors (Lipinski definition) is 1. The van der Waals surface area contributed by atoms with Crippen LogP contribution < -0.4 is 5.73 Å². The molecule has 2 aromatic heterocycles. The van der Waals surface area contributed by atoms with E-state index < -0.39 is 5.91 Å². The average molecular weight is 242 g/mol. The topological polar surface area (TPSA) is 73.8 Å². The third kappa shape index (κ3) is 1.77. The molecule has 0 bridgehead atoms. The molecular formula is C13H14N4O. The number of amides is 1. The minimum absolute atomic E-state index is 0.413. The summed E-state index contributed by atoms with van der Waals surface area (Å²) in [6.07, 6.45) is 9.29. The Morgan fingerprint density at radius 3 is 2.89 bits per heavy atom. The van der Waals surface area contributed by atoms with Crippen molar-refractivity contribution in [3.8, 4) is 5.82 Å². The van der Waals surface area contributed by atoms with Crippen molar-refractivity contribution in [3.63, 3.8) is 0 Å². The van der Waals surface area contributed by atoms with Crippen LogP contribution in [0.1, 0.15) is 34.5 Å². The zero-order chi connectivity index (χ0) is 12.5. The average Bonchev–Trinajstić information content (AvgIpc) is 2.91. The standard InChI is InChI=1S/C13H14N4O/c14-13(18)12-10-4-2-1-3-9(10)7-11(16-12)17-6-5-15-8-17/h5-8H,1-4H2,(H2,14,18). The molecule has 2 N–H and O–H groups in total. The number of pyridine rings is 1. The summed E-state index contributed by atoms with van der Waals surface area (Å²) in [6.45, 7) is 0. The predicted octanol–water partition coefficient (Wildman–Crippen LogP) is 1.24. The molecule has 0 aliphatic heterocycles. The first-order chi connectivity index (χ1) is 8.75. The van der Waals surface area contributed by atoms with Crippen LogP contribution >= 0.6 is 0 Å². The van der Waals surface area contributed by atoms with Crippen LogP contribution in [0.4, 0.5) is 0 Å². The molecule has 18 heavy (non-hydrogen) atoms. The van der Waals surface area contributed by atoms with Crippen LogP contribution in [0, 0.1) is 0 Å². The van der Waals surface area contributed by atoms with Gasteiger partial charge in [-0.05, 0) is 42.9 Å². The zero-order valence-corrected chi connectivity index (χ0v) is 9.97. The molecule has 1 amide bonds. The quantitative estimate of drug-likeness (QED) is 0.861. The molecule has 0 saturated carbocycles. The summed E-state index contributed by atoms with van der Waals surface area (Å²) < 4.78 is 1.79. The van der Waals surface area contributed by atoms with Gasteiger partial charge in [0.05, 0.1) is 0 Å². The molecule has 0 aromatic carbocycles. The van der Waals surface area contributed by atoms with E-state index in [0.29, 0.717) is 11.5 Å². The van der Waals surface area contributed by atoms with Crippen molar-refractivity contribution in [2.75, 3.05) is 0 Å². The lowest BCUT2D eigenvalue weighted by atomic mass is 9.90. The highest BCUT2D eigenvalue weighted by Gasteiger charge is 2.19. The number of fused-ring (bicyclic) bond motifs is 1. The Balaban J connectivity index is 2.18. The highest BCUT2D eigenvalue weighted by molar-refractivity contribution is 5.93. The monoisotopic (exact) mass is 242 g/mol. The molecule has 0 saturated heterocycles. The Morgan fingerprint density at radius 1 is 1.33 bits per heavy atom. The van der Waals surface area contributed by atoms with Crippen molar-refractivity contribution in [2.45, 2.75) is 25.7 Å². The maximum atomic E-state index is 11.5. The van der Waals surface area contributed by atoms with E-state index in [1.54, 1.807) is 17.1 Å². The number of imidazole rings is 1. The maximum Gasteiger partial charge on any atom is 0.267 e. The molecule has 0 atom stereocenters. The van der Waals surface area contributed by atoms with E-state index in [4.69, 9.17) is 5.73 Å². The first kappa shape index (κ1) is 11.0. The van der Waals surface area contributed by atoms with Crippen molar-refractivity contribution in [2.24, 2.45) is 5.73 Å². The first-order valence-electron chi connectivity index (χ1n) is 6.06. The van der Waals surface area contributed by atoms with E-state index in [-0.39, 0.29) is 0 Å². The van der Waals surface area contributed by atoms with Gasteiger partial charge in [0.2, 0.25) is 0 Å². The normalized spacial score (nSPS) is 14.2. The number of nitrogens with zero attached hydrogens (tertiary/aromatic N) is 3. The summed E-state index contributed by atoms with van der Waals surface area (Å²) in [5, 5.41) is 0. The molecule has 2 aromatic rings. The van der Waals surface area contributed by atoms with E-state index in [1.165, 1.54) is 5.56 Å². The fraction of sp³-hybridized carbons (Fsp3) is 0.308. The van der Waals surface area contributed by atoms with Crippen LogP contribution in [0.15, 0.2) is 24.8 Å². The van der Waals surface area contributed by atoms with Gasteiger partial charge < -0.3 is 5.73 Å². The molecule has 0 fully saturated rings. The van der Waals surface area contributed by atoms with E-state index >= 15 is 0 Å². The lowest BCUT2D eigenvalue weighted by molar-refractivity contribution is 0.0994. The molecule has 2 heterocycles. The number of nitrogens with two attached hydrogens (primary N) is 1. The minimum atomic E-state index is -0.449. The van der Waals surface area contributed by atoms with Crippen LogP contribution in [0.5, 0.6) is 0 Å². The van der Waals surface area contributed by atoms with Gasteiger partial charge in [-0.3, -0.25) is 9.36 Å². The van der Waals surface area contributed by atoms with Gasteiger partial charge in [0.25, 0.3) is 5.91 Å². The third-order valence-corrected chi connectivity index (χ3v) is 3.33. The van der Waals surface area contributed by atoms with Crippen molar-refractivity contribution in [3.05, 3.63) is 41.6 Å². The molecular weight excluding hydrogens is 228 g/mol. The zero-order valence-electron chi connectivity index (χ0n) is 9.97. The Labute approximate surface area is 105 Å². The second kappa shape index (κ2) is 4.25. The summed E-state index contributed by atoms with van der Waals surface area (Å²) in [5.41, 5.74) is 8.06. The number of aromatic nitrogens is 3. The molecule has 5 nitrogen and oxygen atoms in total. The van der Waals surface area contributed by atoms with E-state index in [1.807, 2.05) is 12.3 Å². The van der Waals surface area contributed by atoms with Gasteiger partial charge in [0, 0.05) is 12.4 Å². The number of primary amides is 1. The van der Waals surface area contributed by atoms with Gasteiger partial charge in [-0.25, -0.2) is 9.97 Å². The fourth-order valence-corrected chi connectivity index (χ4v) is 2.46. The van der Waals surface area contributed by atoms with Crippen molar-refractivity contribution < 1.29 is 4.79 Å². The van der Waals surface area contributed by atoms with Gasteiger partial charge in [-0.2, -0.15) is 0 Å². The number of rotatable bonds is 2. The molecule has 1 aliphatic carbocycles. The lowest BCUT2D eigenvalue weighted by Gasteiger charge is -2.18. The molecule has 3 rings (SSSR count). The lowest BCUT2D eigenvalue weighted by Crippen LogP contribution is -2.20. The van der Waals surface area contributed by atoms with Crippen LogP contribution in [-0.2, 0) is 12.8 Å². The highest BCUT2D eigenvalue weighted by atomic mass is 16.1. The second-order valence-electron chi connectivity index (χ2n) is 4.51. The summed E-state index contributed by atoms with van der Waals surface area (Å²) in [4.78, 5) is 19.9. The van der Waals surface area contributed by atoms with E-state index in [0.717, 1.165) is 31.2 Å². The number of carbonyl (C=O) groups is 1. The van der Waals surface area contributed by atoms with Gasteiger partial charge in [0.1, 0.15) is 17.8 Å². The highest BCUT2D eigenvalue weighted by Crippen LogP contribution is 2.25.